The molecule has 2 aromatic rings. The predicted octanol–water partition coefficient (Wildman–Crippen LogP) is 6.44. The van der Waals surface area contributed by atoms with Crippen LogP contribution in [0.4, 0.5) is 5.69 Å². The lowest BCUT2D eigenvalue weighted by Gasteiger charge is -2.12. The maximum absolute atomic E-state index is 6.13. The van der Waals surface area contributed by atoms with Gasteiger partial charge in [0.15, 0.2) is 0 Å². The number of hydrogen-bond donors (Lipinski definition) is 1. The average Bonchev–Trinajstić information content (AvgIpc) is 2.36. The van der Waals surface area contributed by atoms with E-state index in [4.69, 9.17) is 23.2 Å². The Kier molecular flexibility index (Phi) is 5.18. The Morgan fingerprint density at radius 2 is 1.79 bits per heavy atom. The van der Waals surface area contributed by atoms with Gasteiger partial charge in [-0.05, 0) is 64.3 Å². The maximum atomic E-state index is 6.13. The highest BCUT2D eigenvalue weighted by Crippen LogP contribution is 2.30. The molecule has 0 aliphatic carbocycles. The third kappa shape index (κ3) is 3.88. The zero-order chi connectivity index (χ0) is 14.0. The van der Waals surface area contributed by atoms with E-state index in [0.717, 1.165) is 35.8 Å². The Morgan fingerprint density at radius 3 is 2.53 bits per heavy atom. The van der Waals surface area contributed by atoms with Gasteiger partial charge < -0.3 is 5.32 Å². The number of halogens is 4. The summed E-state index contributed by atoms with van der Waals surface area (Å²) in [6, 6.07) is 9.64. The van der Waals surface area contributed by atoms with E-state index in [-0.39, 0.29) is 0 Å². The second kappa shape index (κ2) is 6.49. The fourth-order valence-electron chi connectivity index (χ4n) is 1.65. The normalized spacial score (nSPS) is 10.6. The van der Waals surface area contributed by atoms with Gasteiger partial charge in [-0.25, -0.2) is 0 Å². The molecule has 100 valence electrons. The van der Waals surface area contributed by atoms with Gasteiger partial charge >= 0.3 is 0 Å². The number of aryl methyl sites for hydroxylation is 1. The summed E-state index contributed by atoms with van der Waals surface area (Å²) < 4.78 is 2.02. The van der Waals surface area contributed by atoms with E-state index in [0.29, 0.717) is 6.54 Å². The first-order valence-electron chi connectivity index (χ1n) is 5.61. The van der Waals surface area contributed by atoms with Crippen LogP contribution < -0.4 is 5.32 Å². The number of rotatable bonds is 3. The number of benzene rings is 2. The molecule has 0 unspecified atom stereocenters. The lowest BCUT2D eigenvalue weighted by atomic mass is 10.2. The summed E-state index contributed by atoms with van der Waals surface area (Å²) in [6.07, 6.45) is 0. The van der Waals surface area contributed by atoms with Crippen LogP contribution in [0.3, 0.4) is 0 Å². The van der Waals surface area contributed by atoms with Crippen molar-refractivity contribution in [3.63, 3.8) is 0 Å². The van der Waals surface area contributed by atoms with Gasteiger partial charge in [-0.15, -0.1) is 0 Å². The summed E-state index contributed by atoms with van der Waals surface area (Å²) in [5.74, 6) is 0. The zero-order valence-electron chi connectivity index (χ0n) is 10.1. The van der Waals surface area contributed by atoms with Crippen LogP contribution in [0.15, 0.2) is 39.3 Å². The molecule has 0 fully saturated rings. The molecule has 2 aromatic carbocycles. The van der Waals surface area contributed by atoms with Crippen molar-refractivity contribution in [1.82, 2.24) is 0 Å². The van der Waals surface area contributed by atoms with Crippen molar-refractivity contribution < 1.29 is 0 Å². The highest BCUT2D eigenvalue weighted by atomic mass is 79.9. The third-order valence-electron chi connectivity index (χ3n) is 2.73. The molecule has 0 aromatic heterocycles. The Labute approximate surface area is 139 Å². The molecule has 19 heavy (non-hydrogen) atoms. The van der Waals surface area contributed by atoms with Crippen LogP contribution in [0.2, 0.25) is 10.0 Å². The number of nitrogens with one attached hydrogen (secondary N) is 1. The lowest BCUT2D eigenvalue weighted by molar-refractivity contribution is 1.13. The molecule has 0 saturated heterocycles. The lowest BCUT2D eigenvalue weighted by Crippen LogP contribution is -2.01. The van der Waals surface area contributed by atoms with E-state index in [2.05, 4.69) is 37.2 Å². The fraction of sp³-hybridized carbons (Fsp3) is 0.143. The molecule has 5 heteroatoms. The molecule has 0 spiro atoms. The highest BCUT2D eigenvalue weighted by molar-refractivity contribution is 9.11. The SMILES string of the molecule is Cc1cc(Br)c(NCc2cc(Cl)ccc2Br)cc1Cl. The first-order chi connectivity index (χ1) is 8.97. The van der Waals surface area contributed by atoms with Crippen LogP contribution in [0.5, 0.6) is 0 Å². The van der Waals surface area contributed by atoms with Crippen molar-refractivity contribution in [3.8, 4) is 0 Å². The number of anilines is 1. The van der Waals surface area contributed by atoms with E-state index >= 15 is 0 Å². The molecule has 1 nitrogen and oxygen atoms in total. The molecular weight excluding hydrogens is 413 g/mol. The second-order valence-corrected chi connectivity index (χ2v) is 6.72. The predicted molar refractivity (Wildman–Crippen MR) is 90.4 cm³/mol. The van der Waals surface area contributed by atoms with Crippen LogP contribution in [0.25, 0.3) is 0 Å². The van der Waals surface area contributed by atoms with Gasteiger partial charge in [0.05, 0.1) is 5.69 Å². The van der Waals surface area contributed by atoms with E-state index in [9.17, 15) is 0 Å². The zero-order valence-corrected chi connectivity index (χ0v) is 14.8. The summed E-state index contributed by atoms with van der Waals surface area (Å²) in [5, 5.41) is 4.81. The van der Waals surface area contributed by atoms with Crippen molar-refractivity contribution in [3.05, 3.63) is 60.4 Å². The molecule has 0 heterocycles. The summed E-state index contributed by atoms with van der Waals surface area (Å²) in [5.41, 5.74) is 3.10. The third-order valence-corrected chi connectivity index (χ3v) is 4.80. The first kappa shape index (κ1) is 15.2. The highest BCUT2D eigenvalue weighted by Gasteiger charge is 2.06. The molecule has 0 aliphatic heterocycles. The Balaban J connectivity index is 2.19. The van der Waals surface area contributed by atoms with Crippen molar-refractivity contribution in [1.29, 1.82) is 0 Å². The van der Waals surface area contributed by atoms with Crippen LogP contribution in [-0.4, -0.2) is 0 Å². The van der Waals surface area contributed by atoms with Crippen molar-refractivity contribution in [2.75, 3.05) is 5.32 Å². The molecule has 0 bridgehead atoms. The van der Waals surface area contributed by atoms with Gasteiger partial charge in [0.25, 0.3) is 0 Å². The quantitative estimate of drug-likeness (QED) is 0.599. The topological polar surface area (TPSA) is 12.0 Å². The minimum Gasteiger partial charge on any atom is -0.380 e. The smallest absolute Gasteiger partial charge is 0.0502 e. The second-order valence-electron chi connectivity index (χ2n) is 4.17. The summed E-state index contributed by atoms with van der Waals surface area (Å²) >= 11 is 19.2. The van der Waals surface area contributed by atoms with Crippen LogP contribution in [0, 0.1) is 6.92 Å². The maximum Gasteiger partial charge on any atom is 0.0502 e. The van der Waals surface area contributed by atoms with Crippen molar-refractivity contribution >= 4 is 60.7 Å². The molecule has 0 saturated carbocycles. The van der Waals surface area contributed by atoms with E-state index in [1.165, 1.54) is 0 Å². The molecular formula is C14H11Br2Cl2N. The largest absolute Gasteiger partial charge is 0.380 e. The average molecular weight is 424 g/mol. The molecule has 1 N–H and O–H groups in total. The summed E-state index contributed by atoms with van der Waals surface area (Å²) in [4.78, 5) is 0. The van der Waals surface area contributed by atoms with Crippen LogP contribution in [-0.2, 0) is 6.54 Å². The molecule has 2 rings (SSSR count). The Hall–Kier alpha value is -0.220. The van der Waals surface area contributed by atoms with Gasteiger partial charge in [-0.2, -0.15) is 0 Å². The Bertz CT molecular complexity index is 615. The standard InChI is InChI=1S/C14H11Br2Cl2N/c1-8-4-12(16)14(6-13(8)18)19-7-9-5-10(17)2-3-11(9)15/h2-6,19H,7H2,1H3. The van der Waals surface area contributed by atoms with Crippen molar-refractivity contribution in [2.45, 2.75) is 13.5 Å². The minimum atomic E-state index is 0.666. The van der Waals surface area contributed by atoms with E-state index < -0.39 is 0 Å². The molecule has 0 radical (unpaired) electrons. The molecule has 0 aliphatic rings. The van der Waals surface area contributed by atoms with E-state index in [1.807, 2.05) is 37.3 Å². The van der Waals surface area contributed by atoms with Crippen LogP contribution in [0.1, 0.15) is 11.1 Å². The fourth-order valence-corrected chi connectivity index (χ4v) is 2.99. The van der Waals surface area contributed by atoms with E-state index in [1.54, 1.807) is 0 Å². The minimum absolute atomic E-state index is 0.666. The van der Waals surface area contributed by atoms with Gasteiger partial charge in [0.2, 0.25) is 0 Å². The van der Waals surface area contributed by atoms with Crippen molar-refractivity contribution in [2.24, 2.45) is 0 Å². The van der Waals surface area contributed by atoms with Crippen LogP contribution >= 0.6 is 55.1 Å². The molecule has 0 atom stereocenters. The van der Waals surface area contributed by atoms with Gasteiger partial charge in [0.1, 0.15) is 0 Å². The molecule has 0 amide bonds. The number of hydrogen-bond acceptors (Lipinski definition) is 1. The Morgan fingerprint density at radius 1 is 1.05 bits per heavy atom. The monoisotopic (exact) mass is 421 g/mol. The van der Waals surface area contributed by atoms with Gasteiger partial charge in [-0.3, -0.25) is 0 Å². The summed E-state index contributed by atoms with van der Waals surface area (Å²) in [7, 11) is 0. The van der Waals surface area contributed by atoms with Gasteiger partial charge in [0, 0.05) is 25.5 Å². The van der Waals surface area contributed by atoms with Gasteiger partial charge in [-0.1, -0.05) is 39.1 Å². The first-order valence-corrected chi connectivity index (χ1v) is 7.95. The summed E-state index contributed by atoms with van der Waals surface area (Å²) in [6.45, 7) is 2.64.